The van der Waals surface area contributed by atoms with Crippen LogP contribution in [0.3, 0.4) is 0 Å². The summed E-state index contributed by atoms with van der Waals surface area (Å²) in [5.41, 5.74) is 0. The molecule has 136 valence electrons. The van der Waals surface area contributed by atoms with Crippen molar-refractivity contribution in [2.24, 2.45) is 5.92 Å². The second-order valence-electron chi connectivity index (χ2n) is 4.55. The number of ether oxygens (including phenoxy) is 4. The molecule has 0 bridgehead atoms. The van der Waals surface area contributed by atoms with Gasteiger partial charge in [-0.3, -0.25) is 19.2 Å². The third kappa shape index (κ3) is 7.07. The highest BCUT2D eigenvalue weighted by molar-refractivity contribution is 5.91. The lowest BCUT2D eigenvalue weighted by Crippen LogP contribution is -2.50. The Morgan fingerprint density at radius 3 is 1.75 bits per heavy atom. The first-order chi connectivity index (χ1) is 11.3. The van der Waals surface area contributed by atoms with E-state index in [4.69, 9.17) is 0 Å². The maximum absolute atomic E-state index is 11.9. The molecule has 0 saturated carbocycles. The molecule has 0 aliphatic carbocycles. The summed E-state index contributed by atoms with van der Waals surface area (Å²) < 4.78 is 18.0. The van der Waals surface area contributed by atoms with Gasteiger partial charge < -0.3 is 24.3 Å². The van der Waals surface area contributed by atoms with Crippen LogP contribution in [-0.2, 0) is 42.9 Å². The Morgan fingerprint density at radius 2 is 1.29 bits per heavy atom. The molecule has 0 aromatic heterocycles. The van der Waals surface area contributed by atoms with Gasteiger partial charge in [0.05, 0.1) is 47.2 Å². The van der Waals surface area contributed by atoms with E-state index in [2.05, 4.69) is 24.3 Å². The highest BCUT2D eigenvalue weighted by Gasteiger charge is 2.38. The van der Waals surface area contributed by atoms with E-state index >= 15 is 0 Å². The molecule has 0 fully saturated rings. The number of carbonyl (C=O) groups is 5. The van der Waals surface area contributed by atoms with E-state index in [0.717, 1.165) is 21.3 Å². The summed E-state index contributed by atoms with van der Waals surface area (Å²) in [4.78, 5) is 58.1. The highest BCUT2D eigenvalue weighted by atomic mass is 16.5. The number of hydrogen-bond donors (Lipinski definition) is 1. The van der Waals surface area contributed by atoms with Crippen LogP contribution < -0.4 is 5.32 Å². The SMILES string of the molecule is COC(=O)CCC(=O)N[C@H](C(=O)OC)[C@H](CC(=O)OC)C(=O)OC. The lowest BCUT2D eigenvalue weighted by Gasteiger charge is -2.23. The van der Waals surface area contributed by atoms with Gasteiger partial charge in [0.2, 0.25) is 5.91 Å². The van der Waals surface area contributed by atoms with Gasteiger partial charge in [0.15, 0.2) is 0 Å². The standard InChI is InChI=1S/C14H21NO9/c1-21-10(17)6-5-9(16)15-12(14(20)24-4)8(13(19)23-3)7-11(18)22-2/h8,12H,5-7H2,1-4H3,(H,15,16)/t8-,12-/m0/s1. The van der Waals surface area contributed by atoms with Crippen LogP contribution in [0.5, 0.6) is 0 Å². The molecule has 0 aliphatic heterocycles. The zero-order valence-corrected chi connectivity index (χ0v) is 14.0. The summed E-state index contributed by atoms with van der Waals surface area (Å²) in [7, 11) is 4.41. The maximum Gasteiger partial charge on any atom is 0.329 e. The average molecular weight is 347 g/mol. The molecule has 10 nitrogen and oxygen atoms in total. The van der Waals surface area contributed by atoms with Crippen molar-refractivity contribution < 1.29 is 42.9 Å². The zero-order chi connectivity index (χ0) is 18.7. The van der Waals surface area contributed by atoms with Crippen LogP contribution in [0.1, 0.15) is 19.3 Å². The largest absolute Gasteiger partial charge is 0.469 e. The normalized spacial score (nSPS) is 12.3. The molecule has 1 N–H and O–H groups in total. The molecule has 0 aromatic carbocycles. The van der Waals surface area contributed by atoms with Crippen molar-refractivity contribution in [3.8, 4) is 0 Å². The Morgan fingerprint density at radius 1 is 0.750 bits per heavy atom. The quantitative estimate of drug-likeness (QED) is 0.409. The van der Waals surface area contributed by atoms with Gasteiger partial charge in [-0.05, 0) is 0 Å². The number of amides is 1. The van der Waals surface area contributed by atoms with Crippen molar-refractivity contribution >= 4 is 29.8 Å². The minimum atomic E-state index is -1.47. The Labute approximate surface area is 138 Å². The lowest BCUT2D eigenvalue weighted by molar-refractivity contribution is -0.159. The minimum Gasteiger partial charge on any atom is -0.469 e. The molecule has 0 unspecified atom stereocenters. The number of nitrogens with one attached hydrogen (secondary N) is 1. The predicted molar refractivity (Wildman–Crippen MR) is 77.3 cm³/mol. The molecule has 0 rings (SSSR count). The van der Waals surface area contributed by atoms with Crippen molar-refractivity contribution in [1.29, 1.82) is 0 Å². The molecule has 0 radical (unpaired) electrons. The van der Waals surface area contributed by atoms with Crippen molar-refractivity contribution in [1.82, 2.24) is 5.32 Å². The lowest BCUT2D eigenvalue weighted by atomic mass is 9.95. The Balaban J connectivity index is 5.19. The second kappa shape index (κ2) is 11.0. The molecule has 2 atom stereocenters. The van der Waals surface area contributed by atoms with Crippen molar-refractivity contribution in [2.75, 3.05) is 28.4 Å². The van der Waals surface area contributed by atoms with E-state index in [-0.39, 0.29) is 12.8 Å². The van der Waals surface area contributed by atoms with Crippen molar-refractivity contribution in [3.63, 3.8) is 0 Å². The third-order valence-electron chi connectivity index (χ3n) is 3.08. The Bertz CT molecular complexity index is 489. The van der Waals surface area contributed by atoms with Gasteiger partial charge in [0.1, 0.15) is 6.04 Å². The molecule has 0 heterocycles. The average Bonchev–Trinajstić information content (AvgIpc) is 2.60. The van der Waals surface area contributed by atoms with Gasteiger partial charge in [-0.1, -0.05) is 0 Å². The predicted octanol–water partition coefficient (Wildman–Crippen LogP) is -1.05. The highest BCUT2D eigenvalue weighted by Crippen LogP contribution is 2.15. The van der Waals surface area contributed by atoms with E-state index in [0.29, 0.717) is 0 Å². The van der Waals surface area contributed by atoms with Crippen molar-refractivity contribution in [3.05, 3.63) is 0 Å². The van der Waals surface area contributed by atoms with Gasteiger partial charge in [-0.2, -0.15) is 0 Å². The first kappa shape index (κ1) is 21.4. The molecule has 0 aromatic rings. The fourth-order valence-corrected chi connectivity index (χ4v) is 1.77. The van der Waals surface area contributed by atoms with Gasteiger partial charge in [-0.15, -0.1) is 0 Å². The van der Waals surface area contributed by atoms with Crippen LogP contribution >= 0.6 is 0 Å². The molecule has 0 saturated heterocycles. The van der Waals surface area contributed by atoms with Crippen LogP contribution in [0, 0.1) is 5.92 Å². The van der Waals surface area contributed by atoms with E-state index in [1.807, 2.05) is 0 Å². The minimum absolute atomic E-state index is 0.212. The van der Waals surface area contributed by atoms with Crippen LogP contribution in [-0.4, -0.2) is 64.3 Å². The summed E-state index contributed by atoms with van der Waals surface area (Å²) in [5.74, 6) is -5.27. The number of carbonyl (C=O) groups excluding carboxylic acids is 5. The summed E-state index contributed by atoms with van der Waals surface area (Å²) in [6.07, 6.45) is -0.984. The van der Waals surface area contributed by atoms with Gasteiger partial charge in [0.25, 0.3) is 0 Å². The molecular weight excluding hydrogens is 326 g/mol. The molecule has 0 spiro atoms. The zero-order valence-electron chi connectivity index (χ0n) is 14.0. The Kier molecular flexibility index (Phi) is 9.76. The summed E-state index contributed by atoms with van der Waals surface area (Å²) in [6.45, 7) is 0. The molecule has 1 amide bonds. The fourth-order valence-electron chi connectivity index (χ4n) is 1.77. The molecule has 0 aliphatic rings. The van der Waals surface area contributed by atoms with Crippen LogP contribution in [0.15, 0.2) is 0 Å². The topological polar surface area (TPSA) is 134 Å². The van der Waals surface area contributed by atoms with E-state index in [9.17, 15) is 24.0 Å². The maximum atomic E-state index is 11.9. The molecule has 24 heavy (non-hydrogen) atoms. The van der Waals surface area contributed by atoms with E-state index in [1.54, 1.807) is 0 Å². The summed E-state index contributed by atoms with van der Waals surface area (Å²) >= 11 is 0. The summed E-state index contributed by atoms with van der Waals surface area (Å²) in [6, 6.07) is -1.47. The molecular formula is C14H21NO9. The first-order valence-electron chi connectivity index (χ1n) is 6.89. The van der Waals surface area contributed by atoms with Crippen LogP contribution in [0.25, 0.3) is 0 Å². The monoisotopic (exact) mass is 347 g/mol. The van der Waals surface area contributed by atoms with Crippen LogP contribution in [0.4, 0.5) is 0 Å². The van der Waals surface area contributed by atoms with Gasteiger partial charge in [-0.25, -0.2) is 4.79 Å². The van der Waals surface area contributed by atoms with Crippen molar-refractivity contribution in [2.45, 2.75) is 25.3 Å². The molecule has 10 heteroatoms. The Hall–Kier alpha value is -2.65. The first-order valence-corrected chi connectivity index (χ1v) is 6.89. The second-order valence-corrected chi connectivity index (χ2v) is 4.55. The summed E-state index contributed by atoms with van der Waals surface area (Å²) in [5, 5.41) is 2.26. The van der Waals surface area contributed by atoms with Crippen LogP contribution in [0.2, 0.25) is 0 Å². The fraction of sp³-hybridized carbons (Fsp3) is 0.643. The van der Waals surface area contributed by atoms with Gasteiger partial charge >= 0.3 is 23.9 Å². The van der Waals surface area contributed by atoms with Gasteiger partial charge in [0, 0.05) is 6.42 Å². The number of esters is 4. The number of rotatable bonds is 9. The number of hydrogen-bond acceptors (Lipinski definition) is 9. The van der Waals surface area contributed by atoms with E-state index < -0.39 is 48.2 Å². The third-order valence-corrected chi connectivity index (χ3v) is 3.08. The smallest absolute Gasteiger partial charge is 0.329 e. The van der Waals surface area contributed by atoms with E-state index in [1.165, 1.54) is 7.11 Å². The number of methoxy groups -OCH3 is 4.